The van der Waals surface area contributed by atoms with Crippen LogP contribution in [0.5, 0.6) is 0 Å². The summed E-state index contributed by atoms with van der Waals surface area (Å²) in [5.74, 6) is 1.01. The van der Waals surface area contributed by atoms with E-state index < -0.39 is 0 Å². The lowest BCUT2D eigenvalue weighted by atomic mass is 9.69. The van der Waals surface area contributed by atoms with Crippen molar-refractivity contribution in [2.24, 2.45) is 5.41 Å². The topological polar surface area (TPSA) is 93.8 Å². The van der Waals surface area contributed by atoms with Crippen molar-refractivity contribution < 1.29 is 4.79 Å². The average molecular weight is 367 g/mol. The number of rotatable bonds is 2. The van der Waals surface area contributed by atoms with E-state index in [2.05, 4.69) is 34.1 Å². The van der Waals surface area contributed by atoms with Gasteiger partial charge in [-0.05, 0) is 35.8 Å². The molecule has 0 amide bonds. The number of fused-ring (bicyclic) bond motifs is 1. The Bertz CT molecular complexity index is 923. The molecule has 2 aromatic rings. The zero-order chi connectivity index (χ0) is 18.5. The van der Waals surface area contributed by atoms with Gasteiger partial charge in [-0.2, -0.15) is 0 Å². The second-order valence-electron chi connectivity index (χ2n) is 7.53. The van der Waals surface area contributed by atoms with Crippen LogP contribution in [-0.2, 0) is 4.79 Å². The third-order valence-corrected chi connectivity index (χ3v) is 5.49. The number of allylic oxidation sites excluding steroid dienone is 2. The van der Waals surface area contributed by atoms with Crippen LogP contribution in [0.2, 0.25) is 0 Å². The first-order valence-corrected chi connectivity index (χ1v) is 9.76. The van der Waals surface area contributed by atoms with Crippen molar-refractivity contribution in [2.45, 2.75) is 37.8 Å². The van der Waals surface area contributed by atoms with Gasteiger partial charge >= 0.3 is 0 Å². The highest BCUT2D eigenvalue weighted by atomic mass is 32.2. The number of ketones is 1. The van der Waals surface area contributed by atoms with E-state index in [1.165, 1.54) is 11.8 Å². The van der Waals surface area contributed by atoms with Crippen molar-refractivity contribution in [3.8, 4) is 0 Å². The van der Waals surface area contributed by atoms with Crippen molar-refractivity contribution in [3.63, 3.8) is 0 Å². The van der Waals surface area contributed by atoms with Gasteiger partial charge in [0.25, 0.3) is 0 Å². The molecule has 0 aromatic carbocycles. The SMILES string of the molecule is CSc1nc(N)c2c(n1)NC1=C(C(=O)CC(C)(C)C1)[C@@H]2c1ccncc1. The first kappa shape index (κ1) is 17.0. The number of carbonyl (C=O) groups excluding carboxylic acids is 1. The number of nitrogens with one attached hydrogen (secondary N) is 1. The van der Waals surface area contributed by atoms with E-state index in [1.807, 2.05) is 18.4 Å². The summed E-state index contributed by atoms with van der Waals surface area (Å²) >= 11 is 1.45. The van der Waals surface area contributed by atoms with Gasteiger partial charge in [-0.25, -0.2) is 9.97 Å². The van der Waals surface area contributed by atoms with Gasteiger partial charge in [0.05, 0.1) is 0 Å². The van der Waals surface area contributed by atoms with Crippen LogP contribution in [0.15, 0.2) is 41.0 Å². The van der Waals surface area contributed by atoms with Crippen LogP contribution < -0.4 is 11.1 Å². The number of nitrogens with zero attached hydrogens (tertiary/aromatic N) is 3. The number of hydrogen-bond donors (Lipinski definition) is 2. The fraction of sp³-hybridized carbons (Fsp3) is 0.368. The number of hydrogen-bond acceptors (Lipinski definition) is 7. The van der Waals surface area contributed by atoms with Gasteiger partial charge < -0.3 is 11.1 Å². The lowest BCUT2D eigenvalue weighted by Gasteiger charge is -2.39. The van der Waals surface area contributed by atoms with E-state index in [0.717, 1.165) is 28.8 Å². The molecule has 0 bridgehead atoms. The van der Waals surface area contributed by atoms with Gasteiger partial charge in [-0.1, -0.05) is 25.6 Å². The van der Waals surface area contributed by atoms with Crippen LogP contribution in [0.25, 0.3) is 0 Å². The van der Waals surface area contributed by atoms with Crippen molar-refractivity contribution in [2.75, 3.05) is 17.3 Å². The number of pyridine rings is 1. The monoisotopic (exact) mass is 367 g/mol. The van der Waals surface area contributed by atoms with Gasteiger partial charge in [0, 0.05) is 41.6 Å². The fourth-order valence-electron chi connectivity index (χ4n) is 3.89. The molecule has 134 valence electrons. The molecule has 0 saturated carbocycles. The Morgan fingerprint density at radius 3 is 2.65 bits per heavy atom. The number of thioether (sulfide) groups is 1. The van der Waals surface area contributed by atoms with E-state index >= 15 is 0 Å². The number of anilines is 2. The molecular weight excluding hydrogens is 346 g/mol. The lowest BCUT2D eigenvalue weighted by Crippen LogP contribution is -2.34. The summed E-state index contributed by atoms with van der Waals surface area (Å²) in [6, 6.07) is 3.86. The standard InChI is InChI=1S/C19H21N5OS/c1-19(2)8-11-14(12(25)9-19)13(10-4-6-21-7-5-10)15-16(20)23-18(26-3)24-17(15)22-11/h4-7,13H,8-9H2,1-3H3,(H3,20,22,23,24)/t13-/m0/s1. The van der Waals surface area contributed by atoms with E-state index in [4.69, 9.17) is 5.73 Å². The Hall–Kier alpha value is -2.41. The maximum Gasteiger partial charge on any atom is 0.191 e. The molecule has 1 aliphatic carbocycles. The van der Waals surface area contributed by atoms with Gasteiger partial charge in [-0.15, -0.1) is 0 Å². The molecule has 0 unspecified atom stereocenters. The van der Waals surface area contributed by atoms with Gasteiger partial charge in [0.2, 0.25) is 0 Å². The molecule has 0 fully saturated rings. The number of carbonyl (C=O) groups is 1. The van der Waals surface area contributed by atoms with Gasteiger partial charge in [-0.3, -0.25) is 9.78 Å². The zero-order valence-electron chi connectivity index (χ0n) is 15.0. The fourth-order valence-corrected chi connectivity index (χ4v) is 4.27. The van der Waals surface area contributed by atoms with Crippen LogP contribution in [0, 0.1) is 5.41 Å². The highest BCUT2D eigenvalue weighted by Gasteiger charge is 2.42. The first-order chi connectivity index (χ1) is 12.4. The van der Waals surface area contributed by atoms with Gasteiger partial charge in [0.1, 0.15) is 11.6 Å². The molecule has 1 aliphatic heterocycles. The summed E-state index contributed by atoms with van der Waals surface area (Å²) in [7, 11) is 0. The quantitative estimate of drug-likeness (QED) is 0.621. The van der Waals surface area contributed by atoms with E-state index in [0.29, 0.717) is 23.2 Å². The Kier molecular flexibility index (Phi) is 3.99. The second-order valence-corrected chi connectivity index (χ2v) is 8.30. The van der Waals surface area contributed by atoms with E-state index in [-0.39, 0.29) is 17.1 Å². The summed E-state index contributed by atoms with van der Waals surface area (Å²) < 4.78 is 0. The molecule has 6 nitrogen and oxygen atoms in total. The number of Topliss-reactive ketones (excluding diaryl/α,β-unsaturated/α-hetero) is 1. The minimum atomic E-state index is -0.260. The summed E-state index contributed by atoms with van der Waals surface area (Å²) in [6.45, 7) is 4.24. The predicted octanol–water partition coefficient (Wildman–Crippen LogP) is 3.38. The molecule has 0 spiro atoms. The van der Waals surface area contributed by atoms with Crippen LogP contribution >= 0.6 is 11.8 Å². The maximum atomic E-state index is 13.1. The molecule has 4 rings (SSSR count). The molecule has 26 heavy (non-hydrogen) atoms. The number of nitrogen functional groups attached to an aromatic ring is 1. The largest absolute Gasteiger partial charge is 0.383 e. The summed E-state index contributed by atoms with van der Waals surface area (Å²) in [6.07, 6.45) is 6.72. The Morgan fingerprint density at radius 1 is 1.23 bits per heavy atom. The summed E-state index contributed by atoms with van der Waals surface area (Å²) in [4.78, 5) is 26.2. The minimum Gasteiger partial charge on any atom is -0.383 e. The van der Waals surface area contributed by atoms with E-state index in [1.54, 1.807) is 12.4 Å². The normalized spacial score (nSPS) is 21.0. The number of aromatic nitrogens is 3. The predicted molar refractivity (Wildman–Crippen MR) is 103 cm³/mol. The highest BCUT2D eigenvalue weighted by Crippen LogP contribution is 2.49. The first-order valence-electron chi connectivity index (χ1n) is 8.54. The van der Waals surface area contributed by atoms with E-state index in [9.17, 15) is 4.79 Å². The minimum absolute atomic E-state index is 0.0792. The van der Waals surface area contributed by atoms with Crippen LogP contribution in [0.3, 0.4) is 0 Å². The van der Waals surface area contributed by atoms with Gasteiger partial charge in [0.15, 0.2) is 10.9 Å². The highest BCUT2D eigenvalue weighted by molar-refractivity contribution is 7.98. The average Bonchev–Trinajstić information content (AvgIpc) is 2.59. The van der Waals surface area contributed by atoms with Crippen LogP contribution in [-0.4, -0.2) is 27.0 Å². The maximum absolute atomic E-state index is 13.1. The molecule has 3 N–H and O–H groups in total. The van der Waals surface area contributed by atoms with Crippen molar-refractivity contribution in [1.82, 2.24) is 15.0 Å². The van der Waals surface area contributed by atoms with Crippen molar-refractivity contribution in [3.05, 3.63) is 46.9 Å². The molecule has 7 heteroatoms. The molecule has 2 aromatic heterocycles. The molecular formula is C19H21N5OS. The molecule has 3 heterocycles. The lowest BCUT2D eigenvalue weighted by molar-refractivity contribution is -0.118. The number of nitrogens with two attached hydrogens (primary N) is 1. The summed E-state index contributed by atoms with van der Waals surface area (Å²) in [5.41, 5.74) is 9.73. The molecule has 0 saturated heterocycles. The van der Waals surface area contributed by atoms with Crippen LogP contribution in [0.4, 0.5) is 11.6 Å². The third-order valence-electron chi connectivity index (χ3n) is 4.94. The Balaban J connectivity index is 1.97. The molecule has 0 radical (unpaired) electrons. The Labute approximate surface area is 156 Å². The van der Waals surface area contributed by atoms with Crippen molar-refractivity contribution in [1.29, 1.82) is 0 Å². The third kappa shape index (κ3) is 2.76. The zero-order valence-corrected chi connectivity index (χ0v) is 15.9. The Morgan fingerprint density at radius 2 is 1.96 bits per heavy atom. The van der Waals surface area contributed by atoms with Crippen molar-refractivity contribution >= 4 is 29.2 Å². The smallest absolute Gasteiger partial charge is 0.191 e. The summed E-state index contributed by atoms with van der Waals surface area (Å²) in [5, 5.41) is 4.02. The molecule has 1 atom stereocenters. The molecule has 2 aliphatic rings. The second kappa shape index (κ2) is 6.09. The van der Waals surface area contributed by atoms with Crippen LogP contribution in [0.1, 0.15) is 43.7 Å².